The van der Waals surface area contributed by atoms with Crippen molar-refractivity contribution in [3.8, 4) is 0 Å². The summed E-state index contributed by atoms with van der Waals surface area (Å²) in [4.78, 5) is 16.4. The van der Waals surface area contributed by atoms with Gasteiger partial charge in [-0.25, -0.2) is 4.79 Å². The predicted octanol–water partition coefficient (Wildman–Crippen LogP) is 1.52. The first-order valence-corrected chi connectivity index (χ1v) is 8.69. The topological polar surface area (TPSA) is 78.7 Å². The van der Waals surface area contributed by atoms with E-state index >= 15 is 0 Å². The van der Waals surface area contributed by atoms with E-state index in [4.69, 9.17) is 0 Å². The van der Waals surface area contributed by atoms with Crippen LogP contribution < -0.4 is 5.32 Å². The van der Waals surface area contributed by atoms with Gasteiger partial charge < -0.3 is 15.1 Å². The number of fused-ring (bicyclic) bond motifs is 1. The molecule has 2 aliphatic heterocycles. The van der Waals surface area contributed by atoms with Crippen molar-refractivity contribution in [3.05, 3.63) is 18.1 Å². The lowest BCUT2D eigenvalue weighted by Gasteiger charge is -2.35. The van der Waals surface area contributed by atoms with Crippen LogP contribution in [0.2, 0.25) is 0 Å². The van der Waals surface area contributed by atoms with Gasteiger partial charge in [-0.15, -0.1) is 10.2 Å². The molecule has 0 saturated carbocycles. The zero-order valence-electron chi connectivity index (χ0n) is 14.0. The van der Waals surface area contributed by atoms with E-state index in [1.807, 2.05) is 22.8 Å². The van der Waals surface area contributed by atoms with E-state index in [-0.39, 0.29) is 6.03 Å². The number of carbonyl (C=O) groups is 1. The second-order valence-electron chi connectivity index (χ2n) is 6.68. The number of likely N-dealkylation sites (tertiary alicyclic amines) is 2. The molecule has 2 aromatic rings. The molecular formula is C16H23N7O. The van der Waals surface area contributed by atoms with Crippen molar-refractivity contribution >= 4 is 17.4 Å². The van der Waals surface area contributed by atoms with Crippen molar-refractivity contribution < 1.29 is 4.79 Å². The molecule has 4 heterocycles. The van der Waals surface area contributed by atoms with E-state index < -0.39 is 0 Å². The number of aryl methyl sites for hydroxylation is 1. The number of nitrogens with zero attached hydrogens (tertiary/aromatic N) is 6. The molecule has 2 aliphatic rings. The Morgan fingerprint density at radius 3 is 2.62 bits per heavy atom. The molecule has 8 nitrogen and oxygen atoms in total. The normalized spacial score (nSPS) is 19.2. The lowest BCUT2D eigenvalue weighted by molar-refractivity contribution is 0.150. The van der Waals surface area contributed by atoms with Crippen LogP contribution in [0.3, 0.4) is 0 Å². The van der Waals surface area contributed by atoms with Crippen LogP contribution in [-0.4, -0.2) is 67.9 Å². The average Bonchev–Trinajstić information content (AvgIpc) is 3.26. The average molecular weight is 329 g/mol. The predicted molar refractivity (Wildman–Crippen MR) is 89.9 cm³/mol. The second kappa shape index (κ2) is 6.26. The van der Waals surface area contributed by atoms with Gasteiger partial charge in [-0.1, -0.05) is 0 Å². The first-order chi connectivity index (χ1) is 11.7. The number of aromatic nitrogens is 4. The zero-order chi connectivity index (χ0) is 16.5. The van der Waals surface area contributed by atoms with E-state index in [0.29, 0.717) is 6.04 Å². The largest absolute Gasteiger partial charge is 0.379 e. The summed E-state index contributed by atoms with van der Waals surface area (Å²) in [5.74, 6) is 0. The number of piperidine rings is 1. The number of amides is 2. The third kappa shape index (κ3) is 2.88. The van der Waals surface area contributed by atoms with Gasteiger partial charge in [0.15, 0.2) is 0 Å². The minimum Gasteiger partial charge on any atom is -0.379 e. The van der Waals surface area contributed by atoms with Crippen molar-refractivity contribution in [1.82, 2.24) is 29.6 Å². The van der Waals surface area contributed by atoms with Crippen LogP contribution in [0, 0.1) is 6.92 Å². The van der Waals surface area contributed by atoms with E-state index in [2.05, 4.69) is 20.6 Å². The third-order valence-electron chi connectivity index (χ3n) is 4.89. The summed E-state index contributed by atoms with van der Waals surface area (Å²) in [7, 11) is 0. The molecule has 2 amide bonds. The number of urea groups is 1. The molecular weight excluding hydrogens is 306 g/mol. The molecule has 0 spiro atoms. The van der Waals surface area contributed by atoms with Crippen LogP contribution in [0.1, 0.15) is 31.4 Å². The first-order valence-electron chi connectivity index (χ1n) is 8.69. The third-order valence-corrected chi connectivity index (χ3v) is 4.89. The zero-order valence-corrected chi connectivity index (χ0v) is 14.0. The molecule has 2 aromatic heterocycles. The van der Waals surface area contributed by atoms with Crippen molar-refractivity contribution in [3.63, 3.8) is 0 Å². The van der Waals surface area contributed by atoms with Crippen molar-refractivity contribution in [1.29, 1.82) is 0 Å². The summed E-state index contributed by atoms with van der Waals surface area (Å²) in [6.07, 6.45) is 5.78. The van der Waals surface area contributed by atoms with Gasteiger partial charge >= 0.3 is 6.03 Å². The van der Waals surface area contributed by atoms with Gasteiger partial charge in [0.1, 0.15) is 6.33 Å². The Bertz CT molecular complexity index is 729. The molecule has 0 bridgehead atoms. The quantitative estimate of drug-likeness (QED) is 0.904. The van der Waals surface area contributed by atoms with Gasteiger partial charge in [-0.3, -0.25) is 0 Å². The van der Waals surface area contributed by atoms with E-state index in [1.54, 1.807) is 10.8 Å². The Morgan fingerprint density at radius 2 is 1.88 bits per heavy atom. The van der Waals surface area contributed by atoms with Crippen molar-refractivity contribution in [2.75, 3.05) is 31.5 Å². The fourth-order valence-corrected chi connectivity index (χ4v) is 3.60. The highest BCUT2D eigenvalue weighted by Gasteiger charge is 2.28. The van der Waals surface area contributed by atoms with Crippen LogP contribution in [0.5, 0.6) is 0 Å². The summed E-state index contributed by atoms with van der Waals surface area (Å²) < 4.78 is 1.70. The maximum absolute atomic E-state index is 12.5. The highest BCUT2D eigenvalue weighted by molar-refractivity contribution is 5.75. The van der Waals surface area contributed by atoms with E-state index in [0.717, 1.165) is 68.9 Å². The maximum atomic E-state index is 12.5. The van der Waals surface area contributed by atoms with Gasteiger partial charge in [0.05, 0.1) is 11.4 Å². The number of nitrogens with one attached hydrogen (secondary N) is 1. The summed E-state index contributed by atoms with van der Waals surface area (Å²) in [6, 6.07) is 2.56. The second-order valence-corrected chi connectivity index (χ2v) is 6.68. The fraction of sp³-hybridized carbons (Fsp3) is 0.625. The molecule has 1 N–H and O–H groups in total. The van der Waals surface area contributed by atoms with Gasteiger partial charge in [0, 0.05) is 32.2 Å². The molecule has 0 aromatic carbocycles. The molecule has 0 radical (unpaired) electrons. The van der Waals surface area contributed by atoms with Gasteiger partial charge in [0.25, 0.3) is 0 Å². The number of hydrogen-bond acceptors (Lipinski definition) is 5. The number of carbonyl (C=O) groups excluding carboxylic acids is 1. The van der Waals surface area contributed by atoms with Crippen molar-refractivity contribution in [2.24, 2.45) is 0 Å². The molecule has 2 fully saturated rings. The molecule has 24 heavy (non-hydrogen) atoms. The Balaban J connectivity index is 1.39. The van der Waals surface area contributed by atoms with Crippen LogP contribution in [0.15, 0.2) is 12.4 Å². The summed E-state index contributed by atoms with van der Waals surface area (Å²) in [5.41, 5.74) is 2.63. The van der Waals surface area contributed by atoms with Crippen molar-refractivity contribution in [2.45, 2.75) is 38.6 Å². The number of anilines is 1. The number of hydrogen-bond donors (Lipinski definition) is 1. The van der Waals surface area contributed by atoms with E-state index in [9.17, 15) is 4.79 Å². The Kier molecular flexibility index (Phi) is 3.95. The molecule has 8 heteroatoms. The van der Waals surface area contributed by atoms with Crippen LogP contribution >= 0.6 is 0 Å². The molecule has 128 valence electrons. The SMILES string of the molecule is Cc1cc(NC2CCN(C(=O)N3CCCC3)CC2)c2nncn2n1. The molecule has 0 unspecified atom stereocenters. The van der Waals surface area contributed by atoms with Gasteiger partial charge in [-0.2, -0.15) is 9.61 Å². The minimum absolute atomic E-state index is 0.213. The Morgan fingerprint density at radius 1 is 1.17 bits per heavy atom. The maximum Gasteiger partial charge on any atom is 0.319 e. The van der Waals surface area contributed by atoms with Gasteiger partial charge in [-0.05, 0) is 38.7 Å². The lowest BCUT2D eigenvalue weighted by Crippen LogP contribution is -2.47. The minimum atomic E-state index is 0.213. The molecule has 0 aliphatic carbocycles. The molecule has 4 rings (SSSR count). The Hall–Kier alpha value is -2.38. The molecule has 2 saturated heterocycles. The summed E-state index contributed by atoms with van der Waals surface area (Å²) in [5, 5.41) is 16.0. The summed E-state index contributed by atoms with van der Waals surface area (Å²) >= 11 is 0. The fourth-order valence-electron chi connectivity index (χ4n) is 3.60. The van der Waals surface area contributed by atoms with E-state index in [1.165, 1.54) is 0 Å². The summed E-state index contributed by atoms with van der Waals surface area (Å²) in [6.45, 7) is 5.40. The van der Waals surface area contributed by atoms with Crippen LogP contribution in [0.25, 0.3) is 5.65 Å². The number of rotatable bonds is 2. The smallest absolute Gasteiger partial charge is 0.319 e. The highest BCUT2D eigenvalue weighted by atomic mass is 16.2. The lowest BCUT2D eigenvalue weighted by atomic mass is 10.0. The molecule has 0 atom stereocenters. The Labute approximate surface area is 140 Å². The van der Waals surface area contributed by atoms with Crippen LogP contribution in [-0.2, 0) is 0 Å². The highest BCUT2D eigenvalue weighted by Crippen LogP contribution is 2.21. The monoisotopic (exact) mass is 329 g/mol. The van der Waals surface area contributed by atoms with Gasteiger partial charge in [0.2, 0.25) is 5.65 Å². The first kappa shape index (κ1) is 15.2. The standard InChI is InChI=1S/C16H23N7O/c1-12-10-14(15-19-17-11-23(15)20-12)18-13-4-8-22(9-5-13)16(24)21-6-2-3-7-21/h10-11,13,18H,2-9H2,1H3. The van der Waals surface area contributed by atoms with Crippen LogP contribution in [0.4, 0.5) is 10.5 Å².